The second-order valence-electron chi connectivity index (χ2n) is 5.62. The van der Waals surface area contributed by atoms with Gasteiger partial charge in [-0.25, -0.2) is 0 Å². The molecule has 0 atom stereocenters. The van der Waals surface area contributed by atoms with Crippen LogP contribution in [0.15, 0.2) is 66.7 Å². The number of fused-ring (bicyclic) bond motifs is 3. The Morgan fingerprint density at radius 3 is 2.39 bits per heavy atom. The van der Waals surface area contributed by atoms with Gasteiger partial charge < -0.3 is 15.0 Å². The molecule has 1 aromatic heterocycles. The van der Waals surface area contributed by atoms with Gasteiger partial charge >= 0.3 is 0 Å². The first-order chi connectivity index (χ1) is 11.3. The third-order valence-electron chi connectivity index (χ3n) is 4.11. The van der Waals surface area contributed by atoms with Crippen LogP contribution < -0.4 is 10.1 Å². The summed E-state index contributed by atoms with van der Waals surface area (Å²) in [5, 5.41) is 5.62. The number of nitrogens with one attached hydrogen (secondary N) is 2. The van der Waals surface area contributed by atoms with Crippen LogP contribution in [0.25, 0.3) is 21.8 Å². The summed E-state index contributed by atoms with van der Waals surface area (Å²) >= 11 is 0. The van der Waals surface area contributed by atoms with E-state index in [-0.39, 0.29) is 0 Å². The van der Waals surface area contributed by atoms with E-state index >= 15 is 0 Å². The lowest BCUT2D eigenvalue weighted by Gasteiger charge is -2.06. The minimum atomic E-state index is 0.580. The molecule has 0 bridgehead atoms. The topological polar surface area (TPSA) is 37.0 Å². The average Bonchev–Trinajstić information content (AvgIpc) is 2.97. The van der Waals surface area contributed by atoms with E-state index in [2.05, 4.69) is 52.8 Å². The predicted molar refractivity (Wildman–Crippen MR) is 96.1 cm³/mol. The maximum absolute atomic E-state index is 5.91. The fourth-order valence-corrected chi connectivity index (χ4v) is 2.88. The van der Waals surface area contributed by atoms with E-state index in [1.807, 2.05) is 31.3 Å². The molecule has 4 aromatic rings. The fourth-order valence-electron chi connectivity index (χ4n) is 2.88. The van der Waals surface area contributed by atoms with Gasteiger partial charge in [-0.1, -0.05) is 36.4 Å². The van der Waals surface area contributed by atoms with E-state index < -0.39 is 0 Å². The van der Waals surface area contributed by atoms with Gasteiger partial charge in [-0.2, -0.15) is 0 Å². The van der Waals surface area contributed by atoms with Crippen molar-refractivity contribution in [3.63, 3.8) is 0 Å². The van der Waals surface area contributed by atoms with Crippen LogP contribution in [0.1, 0.15) is 5.56 Å². The maximum atomic E-state index is 5.91. The maximum Gasteiger partial charge on any atom is 0.121 e. The van der Waals surface area contributed by atoms with Crippen molar-refractivity contribution in [3.05, 3.63) is 72.3 Å². The lowest BCUT2D eigenvalue weighted by Crippen LogP contribution is -1.94. The van der Waals surface area contributed by atoms with Gasteiger partial charge in [0.05, 0.1) is 5.52 Å². The molecule has 23 heavy (non-hydrogen) atoms. The number of rotatable bonds is 4. The van der Waals surface area contributed by atoms with Gasteiger partial charge in [-0.05, 0) is 29.8 Å². The molecule has 0 aliphatic carbocycles. The van der Waals surface area contributed by atoms with E-state index in [0.717, 1.165) is 22.5 Å². The molecule has 3 heteroatoms. The third-order valence-corrected chi connectivity index (χ3v) is 4.11. The molecule has 3 aromatic carbocycles. The summed E-state index contributed by atoms with van der Waals surface area (Å²) in [6.07, 6.45) is 0. The lowest BCUT2D eigenvalue weighted by molar-refractivity contribution is 0.306. The SMILES string of the molecule is CNc1ccc2c(c1)[nH]c1cc(OCc3ccccc3)ccc12. The van der Waals surface area contributed by atoms with Crippen molar-refractivity contribution >= 4 is 27.5 Å². The zero-order valence-electron chi connectivity index (χ0n) is 13.0. The first-order valence-corrected chi connectivity index (χ1v) is 7.73. The van der Waals surface area contributed by atoms with Crippen molar-refractivity contribution in [2.45, 2.75) is 6.61 Å². The summed E-state index contributed by atoms with van der Waals surface area (Å²) in [7, 11) is 1.93. The first kappa shape index (κ1) is 13.7. The molecule has 3 nitrogen and oxygen atoms in total. The van der Waals surface area contributed by atoms with Gasteiger partial charge in [0, 0.05) is 35.1 Å². The molecule has 0 amide bonds. The van der Waals surface area contributed by atoms with E-state index in [1.54, 1.807) is 0 Å². The molecule has 4 rings (SSSR count). The lowest BCUT2D eigenvalue weighted by atomic mass is 10.1. The standard InChI is InChI=1S/C20H18N2O/c1-21-15-7-9-17-18-10-8-16(12-20(18)22-19(17)11-15)23-13-14-5-3-2-4-6-14/h2-12,21-22H,13H2,1H3. The number of aromatic nitrogens is 1. The van der Waals surface area contributed by atoms with Crippen molar-refractivity contribution in [2.24, 2.45) is 0 Å². The normalized spacial score (nSPS) is 11.0. The second-order valence-corrected chi connectivity index (χ2v) is 5.62. The van der Waals surface area contributed by atoms with Crippen molar-refractivity contribution in [1.82, 2.24) is 4.98 Å². The Hall–Kier alpha value is -2.94. The number of aromatic amines is 1. The Morgan fingerprint density at radius 1 is 0.870 bits per heavy atom. The van der Waals surface area contributed by atoms with Crippen LogP contribution in [0.4, 0.5) is 5.69 Å². The van der Waals surface area contributed by atoms with E-state index in [0.29, 0.717) is 6.61 Å². The molecule has 0 spiro atoms. The van der Waals surface area contributed by atoms with Crippen LogP contribution in [-0.2, 0) is 6.61 Å². The number of benzene rings is 3. The first-order valence-electron chi connectivity index (χ1n) is 7.73. The average molecular weight is 302 g/mol. The Kier molecular flexibility index (Phi) is 3.39. The molecule has 0 unspecified atom stereocenters. The molecule has 114 valence electrons. The van der Waals surface area contributed by atoms with Crippen molar-refractivity contribution in [3.8, 4) is 5.75 Å². The Bertz CT molecular complexity index is 957. The van der Waals surface area contributed by atoms with Crippen LogP contribution in [0.3, 0.4) is 0 Å². The van der Waals surface area contributed by atoms with Crippen LogP contribution >= 0.6 is 0 Å². The summed E-state index contributed by atoms with van der Waals surface area (Å²) in [4.78, 5) is 3.47. The second kappa shape index (κ2) is 5.69. The minimum Gasteiger partial charge on any atom is -0.489 e. The van der Waals surface area contributed by atoms with E-state index in [4.69, 9.17) is 4.74 Å². The zero-order valence-corrected chi connectivity index (χ0v) is 13.0. The highest BCUT2D eigenvalue weighted by Crippen LogP contribution is 2.30. The molecule has 0 fully saturated rings. The Morgan fingerprint density at radius 2 is 1.61 bits per heavy atom. The number of hydrogen-bond acceptors (Lipinski definition) is 2. The highest BCUT2D eigenvalue weighted by Gasteiger charge is 2.06. The van der Waals surface area contributed by atoms with Crippen LogP contribution in [0.5, 0.6) is 5.75 Å². The summed E-state index contributed by atoms with van der Waals surface area (Å²) in [6.45, 7) is 0.580. The van der Waals surface area contributed by atoms with Crippen molar-refractivity contribution < 1.29 is 4.74 Å². The summed E-state index contributed by atoms with van der Waals surface area (Å²) in [5.41, 5.74) is 4.50. The molecular formula is C20H18N2O. The summed E-state index contributed by atoms with van der Waals surface area (Å²) in [5.74, 6) is 0.877. The molecular weight excluding hydrogens is 284 g/mol. The number of ether oxygens (including phenoxy) is 1. The van der Waals surface area contributed by atoms with E-state index in [1.165, 1.54) is 16.3 Å². The molecule has 0 saturated carbocycles. The van der Waals surface area contributed by atoms with Crippen molar-refractivity contribution in [2.75, 3.05) is 12.4 Å². The monoisotopic (exact) mass is 302 g/mol. The summed E-state index contributed by atoms with van der Waals surface area (Å²) < 4.78 is 5.91. The number of H-pyrrole nitrogens is 1. The van der Waals surface area contributed by atoms with Crippen LogP contribution in [0, 0.1) is 0 Å². The van der Waals surface area contributed by atoms with E-state index in [9.17, 15) is 0 Å². The molecule has 0 saturated heterocycles. The molecule has 2 N–H and O–H groups in total. The number of hydrogen-bond donors (Lipinski definition) is 2. The fraction of sp³-hybridized carbons (Fsp3) is 0.100. The quantitative estimate of drug-likeness (QED) is 0.560. The van der Waals surface area contributed by atoms with Gasteiger partial charge in [-0.15, -0.1) is 0 Å². The molecule has 0 radical (unpaired) electrons. The summed E-state index contributed by atoms with van der Waals surface area (Å²) in [6, 6.07) is 22.8. The molecule has 1 heterocycles. The van der Waals surface area contributed by atoms with Crippen molar-refractivity contribution in [1.29, 1.82) is 0 Å². The highest BCUT2D eigenvalue weighted by atomic mass is 16.5. The third kappa shape index (κ3) is 2.61. The van der Waals surface area contributed by atoms with Gasteiger partial charge in [0.1, 0.15) is 12.4 Å². The molecule has 0 aliphatic rings. The number of anilines is 1. The van der Waals surface area contributed by atoms with Gasteiger partial charge in [0.15, 0.2) is 0 Å². The smallest absolute Gasteiger partial charge is 0.121 e. The Labute approximate surface area is 134 Å². The van der Waals surface area contributed by atoms with Crippen LogP contribution in [0.2, 0.25) is 0 Å². The zero-order chi connectivity index (χ0) is 15.6. The minimum absolute atomic E-state index is 0.580. The highest BCUT2D eigenvalue weighted by molar-refractivity contribution is 6.08. The Balaban J connectivity index is 1.66. The largest absolute Gasteiger partial charge is 0.489 e. The van der Waals surface area contributed by atoms with Crippen LogP contribution in [-0.4, -0.2) is 12.0 Å². The predicted octanol–water partition coefficient (Wildman–Crippen LogP) is 4.94. The van der Waals surface area contributed by atoms with Gasteiger partial charge in [-0.3, -0.25) is 0 Å². The van der Waals surface area contributed by atoms with Gasteiger partial charge in [0.2, 0.25) is 0 Å². The molecule has 0 aliphatic heterocycles. The van der Waals surface area contributed by atoms with Gasteiger partial charge in [0.25, 0.3) is 0 Å².